The molecule has 0 saturated carbocycles. The van der Waals surface area contributed by atoms with Gasteiger partial charge in [-0.25, -0.2) is 9.67 Å². The first-order chi connectivity index (χ1) is 14.5. The van der Waals surface area contributed by atoms with E-state index in [4.69, 9.17) is 4.98 Å². The van der Waals surface area contributed by atoms with Crippen molar-refractivity contribution >= 4 is 16.9 Å². The van der Waals surface area contributed by atoms with Crippen LogP contribution in [0.25, 0.3) is 11.0 Å². The molecule has 30 heavy (non-hydrogen) atoms. The van der Waals surface area contributed by atoms with Crippen LogP contribution in [0.3, 0.4) is 0 Å². The number of aryl methyl sites for hydroxylation is 1. The molecule has 0 aliphatic heterocycles. The monoisotopic (exact) mass is 400 g/mol. The van der Waals surface area contributed by atoms with Crippen molar-refractivity contribution in [3.63, 3.8) is 0 Å². The van der Waals surface area contributed by atoms with Crippen LogP contribution in [0.2, 0.25) is 0 Å². The Labute approximate surface area is 175 Å². The molecule has 0 atom stereocenters. The van der Waals surface area contributed by atoms with Gasteiger partial charge in [0.25, 0.3) is 5.91 Å². The molecule has 0 spiro atoms. The summed E-state index contributed by atoms with van der Waals surface area (Å²) in [5.41, 5.74) is 4.07. The maximum absolute atomic E-state index is 13.6. The van der Waals surface area contributed by atoms with E-state index in [1.54, 1.807) is 31.0 Å². The van der Waals surface area contributed by atoms with E-state index < -0.39 is 0 Å². The van der Waals surface area contributed by atoms with Gasteiger partial charge in [-0.1, -0.05) is 6.07 Å². The Kier molecular flexibility index (Phi) is 5.52. The highest BCUT2D eigenvalue weighted by Gasteiger charge is 2.21. The number of fused-ring (bicyclic) bond motifs is 1. The molecular formula is C23H24N6O. The zero-order valence-electron chi connectivity index (χ0n) is 17.4. The van der Waals surface area contributed by atoms with Crippen LogP contribution < -0.4 is 0 Å². The minimum atomic E-state index is -0.0696. The lowest BCUT2D eigenvalue weighted by molar-refractivity contribution is 0.0729. The third-order valence-electron chi connectivity index (χ3n) is 4.99. The van der Waals surface area contributed by atoms with Crippen LogP contribution in [0.1, 0.15) is 47.1 Å². The van der Waals surface area contributed by atoms with E-state index in [0.717, 1.165) is 22.2 Å². The molecule has 4 aromatic heterocycles. The van der Waals surface area contributed by atoms with Gasteiger partial charge < -0.3 is 4.90 Å². The van der Waals surface area contributed by atoms with Gasteiger partial charge >= 0.3 is 0 Å². The number of hydrogen-bond acceptors (Lipinski definition) is 5. The van der Waals surface area contributed by atoms with Gasteiger partial charge in [0.15, 0.2) is 5.65 Å². The minimum absolute atomic E-state index is 0.0696. The van der Waals surface area contributed by atoms with E-state index in [1.165, 1.54) is 0 Å². The molecule has 0 bridgehead atoms. The van der Waals surface area contributed by atoms with Gasteiger partial charge in [0.1, 0.15) is 0 Å². The van der Waals surface area contributed by atoms with Gasteiger partial charge in [0, 0.05) is 49.3 Å². The fraction of sp³-hybridized carbons (Fsp3) is 0.261. The Hall–Kier alpha value is -3.61. The number of hydrogen-bond donors (Lipinski definition) is 0. The number of pyridine rings is 3. The summed E-state index contributed by atoms with van der Waals surface area (Å²) in [6.07, 6.45) is 8.76. The van der Waals surface area contributed by atoms with E-state index in [1.807, 2.05) is 46.8 Å². The van der Waals surface area contributed by atoms with Crippen molar-refractivity contribution in [1.29, 1.82) is 0 Å². The molecule has 7 nitrogen and oxygen atoms in total. The first kappa shape index (κ1) is 19.7. The molecule has 0 N–H and O–H groups in total. The zero-order valence-corrected chi connectivity index (χ0v) is 17.4. The molecule has 0 fully saturated rings. The highest BCUT2D eigenvalue weighted by molar-refractivity contribution is 5.98. The van der Waals surface area contributed by atoms with Gasteiger partial charge in [-0.2, -0.15) is 5.10 Å². The van der Waals surface area contributed by atoms with Crippen molar-refractivity contribution in [3.05, 3.63) is 83.7 Å². The lowest BCUT2D eigenvalue weighted by atomic mass is 10.1. The van der Waals surface area contributed by atoms with E-state index in [9.17, 15) is 4.79 Å². The molecule has 0 unspecified atom stereocenters. The van der Waals surface area contributed by atoms with Crippen LogP contribution in [-0.4, -0.2) is 35.5 Å². The van der Waals surface area contributed by atoms with Crippen LogP contribution in [0.15, 0.2) is 61.3 Å². The van der Waals surface area contributed by atoms with E-state index in [-0.39, 0.29) is 11.9 Å². The second kappa shape index (κ2) is 8.41. The number of nitrogens with zero attached hydrogens (tertiary/aromatic N) is 6. The van der Waals surface area contributed by atoms with Crippen LogP contribution in [0.5, 0.6) is 0 Å². The minimum Gasteiger partial charge on any atom is -0.330 e. The van der Waals surface area contributed by atoms with Gasteiger partial charge in [0.05, 0.1) is 17.5 Å². The molecule has 7 heteroatoms. The second-order valence-corrected chi connectivity index (χ2v) is 7.60. The van der Waals surface area contributed by atoms with E-state index >= 15 is 0 Å². The Balaban J connectivity index is 1.70. The first-order valence-corrected chi connectivity index (χ1v) is 9.95. The standard InChI is InChI=1S/C23H24N6O/c1-16(2)29-22-20(13-26-29)11-21(17(3)27-22)23(30)28(14-18-6-9-24-10-7-18)15-19-5-4-8-25-12-19/h4-13,16H,14-15H2,1-3H3. The number of rotatable bonds is 6. The summed E-state index contributed by atoms with van der Waals surface area (Å²) in [5.74, 6) is -0.0696. The molecule has 152 valence electrons. The summed E-state index contributed by atoms with van der Waals surface area (Å²) in [6, 6.07) is 9.79. The quantitative estimate of drug-likeness (QED) is 0.490. The van der Waals surface area contributed by atoms with Crippen LogP contribution in [0, 0.1) is 6.92 Å². The average molecular weight is 400 g/mol. The molecule has 4 heterocycles. The maximum Gasteiger partial charge on any atom is 0.256 e. The molecule has 0 saturated heterocycles. The number of aromatic nitrogens is 5. The first-order valence-electron chi connectivity index (χ1n) is 9.95. The molecule has 4 aromatic rings. The average Bonchev–Trinajstić information content (AvgIpc) is 3.16. The number of carbonyl (C=O) groups excluding carboxylic acids is 1. The van der Waals surface area contributed by atoms with Crippen molar-refractivity contribution in [1.82, 2.24) is 29.6 Å². The SMILES string of the molecule is Cc1nc2c(cnn2C(C)C)cc1C(=O)N(Cc1ccncc1)Cc1cccnc1. The second-order valence-electron chi connectivity index (χ2n) is 7.60. The van der Waals surface area contributed by atoms with Crippen LogP contribution >= 0.6 is 0 Å². The fourth-order valence-corrected chi connectivity index (χ4v) is 3.45. The predicted molar refractivity (Wildman–Crippen MR) is 115 cm³/mol. The van der Waals surface area contributed by atoms with E-state index in [0.29, 0.717) is 24.3 Å². The van der Waals surface area contributed by atoms with Gasteiger partial charge in [-0.05, 0) is 56.2 Å². The topological polar surface area (TPSA) is 76.8 Å². The molecule has 0 aliphatic carbocycles. The van der Waals surface area contributed by atoms with Crippen molar-refractivity contribution in [2.75, 3.05) is 0 Å². The third kappa shape index (κ3) is 4.05. The summed E-state index contributed by atoms with van der Waals surface area (Å²) in [7, 11) is 0. The molecule has 1 amide bonds. The Bertz CT molecular complexity index is 1110. The number of carbonyl (C=O) groups is 1. The Morgan fingerprint density at radius 1 is 1.03 bits per heavy atom. The summed E-state index contributed by atoms with van der Waals surface area (Å²) in [5, 5.41) is 5.29. The van der Waals surface area contributed by atoms with Crippen molar-refractivity contribution in [2.24, 2.45) is 0 Å². The lowest BCUT2D eigenvalue weighted by Gasteiger charge is -2.23. The smallest absolute Gasteiger partial charge is 0.256 e. The molecule has 0 radical (unpaired) electrons. The molecule has 4 rings (SSSR count). The van der Waals surface area contributed by atoms with Crippen LogP contribution in [0.4, 0.5) is 0 Å². The summed E-state index contributed by atoms with van der Waals surface area (Å²) < 4.78 is 1.88. The van der Waals surface area contributed by atoms with Crippen molar-refractivity contribution in [3.8, 4) is 0 Å². The maximum atomic E-state index is 13.6. The largest absolute Gasteiger partial charge is 0.330 e. The summed E-state index contributed by atoms with van der Waals surface area (Å²) in [6.45, 7) is 6.93. The Morgan fingerprint density at radius 3 is 2.50 bits per heavy atom. The molecule has 0 aliphatic rings. The highest BCUT2D eigenvalue weighted by atomic mass is 16.2. The van der Waals surface area contributed by atoms with Gasteiger partial charge in [-0.15, -0.1) is 0 Å². The zero-order chi connectivity index (χ0) is 21.1. The Morgan fingerprint density at radius 2 is 1.80 bits per heavy atom. The molecular weight excluding hydrogens is 376 g/mol. The summed E-state index contributed by atoms with van der Waals surface area (Å²) >= 11 is 0. The molecule has 0 aromatic carbocycles. The fourth-order valence-electron chi connectivity index (χ4n) is 3.45. The normalized spacial score (nSPS) is 11.2. The predicted octanol–water partition coefficient (Wildman–Crippen LogP) is 3.95. The third-order valence-corrected chi connectivity index (χ3v) is 4.99. The van der Waals surface area contributed by atoms with Gasteiger partial charge in [0.2, 0.25) is 0 Å². The summed E-state index contributed by atoms with van der Waals surface area (Å²) in [4.78, 5) is 28.4. The van der Waals surface area contributed by atoms with Gasteiger partial charge in [-0.3, -0.25) is 14.8 Å². The highest BCUT2D eigenvalue weighted by Crippen LogP contribution is 2.22. The van der Waals surface area contributed by atoms with Crippen molar-refractivity contribution in [2.45, 2.75) is 39.9 Å². The van der Waals surface area contributed by atoms with E-state index in [2.05, 4.69) is 28.9 Å². The van der Waals surface area contributed by atoms with Crippen LogP contribution in [-0.2, 0) is 13.1 Å². The number of amides is 1. The van der Waals surface area contributed by atoms with Crippen molar-refractivity contribution < 1.29 is 4.79 Å². The lowest BCUT2D eigenvalue weighted by Crippen LogP contribution is -2.31.